The molecule has 0 saturated carbocycles. The second-order valence-corrected chi connectivity index (χ2v) is 5.68. The lowest BCUT2D eigenvalue weighted by Gasteiger charge is -2.12. The molecule has 0 aliphatic heterocycles. The van der Waals surface area contributed by atoms with Crippen molar-refractivity contribution in [1.82, 2.24) is 9.55 Å². The number of ether oxygens (including phenoxy) is 1. The molecular formula is C19H19N3O3. The maximum absolute atomic E-state index is 12.6. The summed E-state index contributed by atoms with van der Waals surface area (Å²) in [7, 11) is 0. The Labute approximate surface area is 145 Å². The molecule has 25 heavy (non-hydrogen) atoms. The Bertz CT molecular complexity index is 979. The second-order valence-electron chi connectivity index (χ2n) is 5.68. The number of aryl methyl sites for hydroxylation is 1. The van der Waals surface area contributed by atoms with Gasteiger partial charge in [0.1, 0.15) is 12.3 Å². The van der Waals surface area contributed by atoms with Crippen LogP contribution in [0.25, 0.3) is 10.9 Å². The van der Waals surface area contributed by atoms with Crippen molar-refractivity contribution in [2.45, 2.75) is 20.4 Å². The van der Waals surface area contributed by atoms with Crippen LogP contribution in [0.5, 0.6) is 5.75 Å². The van der Waals surface area contributed by atoms with E-state index < -0.39 is 0 Å². The summed E-state index contributed by atoms with van der Waals surface area (Å²) in [6.07, 6.45) is 1.40. The number of amides is 1. The molecule has 6 nitrogen and oxygen atoms in total. The van der Waals surface area contributed by atoms with E-state index in [0.29, 0.717) is 28.9 Å². The highest BCUT2D eigenvalue weighted by molar-refractivity contribution is 5.92. The number of nitrogens with zero attached hydrogens (tertiary/aromatic N) is 2. The fourth-order valence-corrected chi connectivity index (χ4v) is 2.58. The number of aromatic nitrogens is 2. The largest absolute Gasteiger partial charge is 0.492 e. The summed E-state index contributed by atoms with van der Waals surface area (Å²) in [5.74, 6) is 0.279. The van der Waals surface area contributed by atoms with Gasteiger partial charge < -0.3 is 10.1 Å². The monoisotopic (exact) mass is 337 g/mol. The quantitative estimate of drug-likeness (QED) is 0.777. The molecule has 2 aromatic carbocycles. The van der Waals surface area contributed by atoms with Gasteiger partial charge in [-0.15, -0.1) is 0 Å². The molecule has 1 amide bonds. The summed E-state index contributed by atoms with van der Waals surface area (Å²) in [6, 6.07) is 12.7. The molecule has 0 bridgehead atoms. The minimum absolute atomic E-state index is 0.115. The Balaban J connectivity index is 1.83. The van der Waals surface area contributed by atoms with Gasteiger partial charge in [-0.1, -0.05) is 23.8 Å². The number of nitrogens with one attached hydrogen (secondary N) is 1. The second kappa shape index (κ2) is 7.17. The molecular weight excluding hydrogens is 318 g/mol. The van der Waals surface area contributed by atoms with Gasteiger partial charge in [0.05, 0.1) is 29.5 Å². The molecule has 1 heterocycles. The molecule has 0 radical (unpaired) electrons. The first kappa shape index (κ1) is 16.7. The lowest BCUT2D eigenvalue weighted by Crippen LogP contribution is -2.28. The van der Waals surface area contributed by atoms with Gasteiger partial charge in [0, 0.05) is 0 Å². The zero-order valence-corrected chi connectivity index (χ0v) is 14.2. The molecule has 0 unspecified atom stereocenters. The summed E-state index contributed by atoms with van der Waals surface area (Å²) in [5.41, 5.74) is 1.93. The molecule has 0 atom stereocenters. The normalized spacial score (nSPS) is 10.6. The highest BCUT2D eigenvalue weighted by Crippen LogP contribution is 2.23. The lowest BCUT2D eigenvalue weighted by molar-refractivity contribution is -0.116. The molecule has 3 rings (SSSR count). The highest BCUT2D eigenvalue weighted by atomic mass is 16.5. The van der Waals surface area contributed by atoms with Gasteiger partial charge in [0.25, 0.3) is 5.56 Å². The van der Waals surface area contributed by atoms with Crippen molar-refractivity contribution in [3.63, 3.8) is 0 Å². The molecule has 0 fully saturated rings. The van der Waals surface area contributed by atoms with Crippen molar-refractivity contribution in [1.29, 1.82) is 0 Å². The predicted octanol–water partition coefficient (Wildman–Crippen LogP) is 2.74. The minimum Gasteiger partial charge on any atom is -0.492 e. The fraction of sp³-hybridized carbons (Fsp3) is 0.211. The molecule has 1 aromatic heterocycles. The van der Waals surface area contributed by atoms with Gasteiger partial charge >= 0.3 is 0 Å². The van der Waals surface area contributed by atoms with Crippen molar-refractivity contribution in [2.75, 3.05) is 11.9 Å². The van der Waals surface area contributed by atoms with Crippen LogP contribution in [-0.4, -0.2) is 22.1 Å². The van der Waals surface area contributed by atoms with E-state index >= 15 is 0 Å². The van der Waals surface area contributed by atoms with Gasteiger partial charge in [-0.05, 0) is 38.1 Å². The predicted molar refractivity (Wildman–Crippen MR) is 97.0 cm³/mol. The van der Waals surface area contributed by atoms with Crippen LogP contribution in [-0.2, 0) is 11.3 Å². The molecule has 128 valence electrons. The first-order chi connectivity index (χ1) is 12.1. The zero-order valence-electron chi connectivity index (χ0n) is 14.2. The van der Waals surface area contributed by atoms with E-state index in [-0.39, 0.29) is 18.0 Å². The van der Waals surface area contributed by atoms with Gasteiger partial charge in [0.15, 0.2) is 0 Å². The number of anilines is 1. The van der Waals surface area contributed by atoms with Crippen LogP contribution >= 0.6 is 0 Å². The first-order valence-corrected chi connectivity index (χ1v) is 8.06. The van der Waals surface area contributed by atoms with Crippen molar-refractivity contribution in [3.05, 3.63) is 64.7 Å². The van der Waals surface area contributed by atoms with Gasteiger partial charge in [-0.2, -0.15) is 0 Å². The zero-order chi connectivity index (χ0) is 17.8. The summed E-state index contributed by atoms with van der Waals surface area (Å²) in [6.45, 7) is 4.17. The van der Waals surface area contributed by atoms with E-state index in [4.69, 9.17) is 4.74 Å². The maximum Gasteiger partial charge on any atom is 0.261 e. The summed E-state index contributed by atoms with van der Waals surface area (Å²) in [5, 5.41) is 3.28. The van der Waals surface area contributed by atoms with Crippen LogP contribution in [0.2, 0.25) is 0 Å². The highest BCUT2D eigenvalue weighted by Gasteiger charge is 2.11. The number of hydrogen-bond donors (Lipinski definition) is 1. The summed E-state index contributed by atoms with van der Waals surface area (Å²) >= 11 is 0. The number of rotatable bonds is 5. The smallest absolute Gasteiger partial charge is 0.261 e. The van der Waals surface area contributed by atoms with Crippen molar-refractivity contribution >= 4 is 22.5 Å². The summed E-state index contributed by atoms with van der Waals surface area (Å²) < 4.78 is 6.79. The third kappa shape index (κ3) is 3.68. The molecule has 1 N–H and O–H groups in total. The topological polar surface area (TPSA) is 73.2 Å². The lowest BCUT2D eigenvalue weighted by atomic mass is 10.2. The molecule has 6 heteroatoms. The maximum atomic E-state index is 12.6. The number of carbonyl (C=O) groups is 1. The number of hydrogen-bond acceptors (Lipinski definition) is 4. The Kier molecular flexibility index (Phi) is 4.79. The number of carbonyl (C=O) groups excluding carboxylic acids is 1. The van der Waals surface area contributed by atoms with E-state index in [2.05, 4.69) is 10.3 Å². The Hall–Kier alpha value is -3.15. The molecule has 0 aliphatic rings. The average molecular weight is 337 g/mol. The fourth-order valence-electron chi connectivity index (χ4n) is 2.58. The molecule has 0 spiro atoms. The van der Waals surface area contributed by atoms with Gasteiger partial charge in [-0.3, -0.25) is 14.2 Å². The van der Waals surface area contributed by atoms with Gasteiger partial charge in [0.2, 0.25) is 5.91 Å². The van der Waals surface area contributed by atoms with Gasteiger partial charge in [-0.25, -0.2) is 4.98 Å². The number of benzene rings is 2. The van der Waals surface area contributed by atoms with Crippen LogP contribution in [0.15, 0.2) is 53.6 Å². The van der Waals surface area contributed by atoms with E-state index in [0.717, 1.165) is 5.56 Å². The van der Waals surface area contributed by atoms with Crippen molar-refractivity contribution < 1.29 is 9.53 Å². The molecule has 3 aromatic rings. The van der Waals surface area contributed by atoms with E-state index in [9.17, 15) is 9.59 Å². The van der Waals surface area contributed by atoms with Crippen molar-refractivity contribution in [3.8, 4) is 5.75 Å². The number of para-hydroxylation sites is 2. The number of fused-ring (bicyclic) bond motifs is 1. The third-order valence-electron chi connectivity index (χ3n) is 3.75. The Morgan fingerprint density at radius 3 is 2.84 bits per heavy atom. The summed E-state index contributed by atoms with van der Waals surface area (Å²) in [4.78, 5) is 29.1. The SMILES string of the molecule is CCOc1ccccc1NC(=O)Cn1cnc2ccc(C)cc2c1=O. The Morgan fingerprint density at radius 1 is 1.24 bits per heavy atom. The van der Waals surface area contributed by atoms with Crippen LogP contribution in [0.4, 0.5) is 5.69 Å². The third-order valence-corrected chi connectivity index (χ3v) is 3.75. The first-order valence-electron chi connectivity index (χ1n) is 8.06. The van der Waals surface area contributed by atoms with Crippen LogP contribution < -0.4 is 15.6 Å². The van der Waals surface area contributed by atoms with E-state index in [1.807, 2.05) is 32.0 Å². The molecule has 0 aliphatic carbocycles. The van der Waals surface area contributed by atoms with Crippen LogP contribution in [0.3, 0.4) is 0 Å². The van der Waals surface area contributed by atoms with E-state index in [1.54, 1.807) is 24.3 Å². The van der Waals surface area contributed by atoms with Crippen LogP contribution in [0, 0.1) is 6.92 Å². The van der Waals surface area contributed by atoms with E-state index in [1.165, 1.54) is 10.9 Å². The van der Waals surface area contributed by atoms with Crippen LogP contribution in [0.1, 0.15) is 12.5 Å². The average Bonchev–Trinajstić information content (AvgIpc) is 2.60. The minimum atomic E-state index is -0.317. The molecule has 0 saturated heterocycles. The Morgan fingerprint density at radius 2 is 2.04 bits per heavy atom. The standard InChI is InChI=1S/C19H19N3O3/c1-3-25-17-7-5-4-6-16(17)21-18(23)11-22-12-20-15-9-8-13(2)10-14(15)19(22)24/h4-10,12H,3,11H2,1-2H3,(H,21,23). The van der Waals surface area contributed by atoms with Crippen molar-refractivity contribution in [2.24, 2.45) is 0 Å².